The van der Waals surface area contributed by atoms with E-state index in [0.29, 0.717) is 11.4 Å². The third-order valence-corrected chi connectivity index (χ3v) is 8.33. The smallest absolute Gasteiger partial charge is 0.264 e. The molecule has 0 amide bonds. The molecule has 0 fully saturated rings. The van der Waals surface area contributed by atoms with Gasteiger partial charge in [-0.05, 0) is 60.7 Å². The van der Waals surface area contributed by atoms with E-state index in [0.717, 1.165) is 34.1 Å². The molecule has 2 aliphatic rings. The molecule has 0 bridgehead atoms. The highest BCUT2D eigenvalue weighted by atomic mass is 79.9. The summed E-state index contributed by atoms with van der Waals surface area (Å²) in [6, 6.07) is 23.7. The lowest BCUT2D eigenvalue weighted by Crippen LogP contribution is -2.33. The molecule has 0 aromatic heterocycles. The van der Waals surface area contributed by atoms with Crippen LogP contribution < -0.4 is 0 Å². The minimum atomic E-state index is -3.62. The number of allylic oxidation sites excluding steroid dienone is 1. The van der Waals surface area contributed by atoms with Crippen molar-refractivity contribution in [1.29, 1.82) is 0 Å². The summed E-state index contributed by atoms with van der Waals surface area (Å²) >= 11 is 3.59. The first-order valence-corrected chi connectivity index (χ1v) is 12.4. The van der Waals surface area contributed by atoms with Crippen LogP contribution in [0.1, 0.15) is 41.0 Å². The van der Waals surface area contributed by atoms with Crippen molar-refractivity contribution >= 4 is 31.7 Å². The molecule has 1 aliphatic heterocycles. The molecule has 5 heteroatoms. The number of aryl methyl sites for hydroxylation is 1. The zero-order valence-electron chi connectivity index (χ0n) is 16.7. The molecular weight excluding hydrogens is 458 g/mol. The number of halogens is 1. The Morgan fingerprint density at radius 2 is 1.73 bits per heavy atom. The third-order valence-electron chi connectivity index (χ3n) is 6.03. The van der Waals surface area contributed by atoms with Crippen molar-refractivity contribution in [3.63, 3.8) is 0 Å². The number of hydrogen-bond acceptors (Lipinski definition) is 2. The maximum Gasteiger partial charge on any atom is 0.264 e. The lowest BCUT2D eigenvalue weighted by atomic mass is 9.86. The molecule has 0 saturated heterocycles. The van der Waals surface area contributed by atoms with Gasteiger partial charge in [0.2, 0.25) is 0 Å². The summed E-state index contributed by atoms with van der Waals surface area (Å²) in [5.74, 6) is 0.0877. The first-order chi connectivity index (χ1) is 14.5. The van der Waals surface area contributed by atoms with Gasteiger partial charge in [-0.3, -0.25) is 4.31 Å². The van der Waals surface area contributed by atoms with Gasteiger partial charge < -0.3 is 0 Å². The molecule has 1 aliphatic carbocycles. The van der Waals surface area contributed by atoms with Gasteiger partial charge in [0.05, 0.1) is 10.6 Å². The molecule has 1 atom stereocenters. The maximum absolute atomic E-state index is 13.6. The summed E-state index contributed by atoms with van der Waals surface area (Å²) in [4.78, 5) is 0.352. The van der Waals surface area contributed by atoms with Crippen LogP contribution in [0.4, 0.5) is 0 Å². The Hall–Kier alpha value is -2.37. The minimum Gasteiger partial charge on any atom is -0.266 e. The normalized spacial score (nSPS) is 18.3. The Morgan fingerprint density at radius 1 is 0.967 bits per heavy atom. The molecule has 1 heterocycles. The summed E-state index contributed by atoms with van der Waals surface area (Å²) < 4.78 is 29.9. The molecule has 152 valence electrons. The van der Waals surface area contributed by atoms with Gasteiger partial charge in [0, 0.05) is 22.5 Å². The standard InChI is InChI=1S/C25H22BrNO2S/c1-17-11-13-20(14-12-17)30(28,29)27-15-5-10-23-24(18-6-4-7-19(26)16-18)21-8-2-3-9-22(21)25(23)27/h2-4,6-9,11-14,16,24H,5,10,15H2,1H3. The molecule has 3 aromatic carbocycles. The number of rotatable bonds is 3. The predicted octanol–water partition coefficient (Wildman–Crippen LogP) is 6.10. The van der Waals surface area contributed by atoms with Gasteiger partial charge in [0.25, 0.3) is 10.0 Å². The fourth-order valence-electron chi connectivity index (χ4n) is 4.69. The Bertz CT molecular complexity index is 1260. The Balaban J connectivity index is 1.69. The molecule has 0 N–H and O–H groups in total. The summed E-state index contributed by atoms with van der Waals surface area (Å²) in [6.07, 6.45) is 1.73. The van der Waals surface area contributed by atoms with Crippen molar-refractivity contribution < 1.29 is 8.42 Å². The van der Waals surface area contributed by atoms with Gasteiger partial charge in [0.15, 0.2) is 0 Å². The zero-order valence-corrected chi connectivity index (χ0v) is 19.1. The van der Waals surface area contributed by atoms with Crippen LogP contribution in [-0.2, 0) is 10.0 Å². The third kappa shape index (κ3) is 3.12. The van der Waals surface area contributed by atoms with Crippen molar-refractivity contribution in [3.05, 3.63) is 105 Å². The van der Waals surface area contributed by atoms with Crippen molar-refractivity contribution in [2.45, 2.75) is 30.6 Å². The topological polar surface area (TPSA) is 37.4 Å². The van der Waals surface area contributed by atoms with Crippen molar-refractivity contribution in [2.75, 3.05) is 6.54 Å². The number of fused-ring (bicyclic) bond motifs is 2. The van der Waals surface area contributed by atoms with E-state index < -0.39 is 10.0 Å². The van der Waals surface area contributed by atoms with Crippen molar-refractivity contribution in [1.82, 2.24) is 4.31 Å². The lowest BCUT2D eigenvalue weighted by Gasteiger charge is -2.32. The first kappa shape index (κ1) is 19.6. The number of hydrogen-bond donors (Lipinski definition) is 0. The molecule has 0 saturated carbocycles. The second-order valence-corrected chi connectivity index (χ2v) is 10.7. The molecule has 30 heavy (non-hydrogen) atoms. The van der Waals surface area contributed by atoms with Crippen molar-refractivity contribution in [2.24, 2.45) is 0 Å². The largest absolute Gasteiger partial charge is 0.266 e. The van der Waals surface area contributed by atoms with Gasteiger partial charge in [-0.25, -0.2) is 8.42 Å². The van der Waals surface area contributed by atoms with Crippen LogP contribution >= 0.6 is 15.9 Å². The summed E-state index contributed by atoms with van der Waals surface area (Å²) in [7, 11) is -3.62. The van der Waals surface area contributed by atoms with Gasteiger partial charge in [0.1, 0.15) is 0 Å². The summed E-state index contributed by atoms with van der Waals surface area (Å²) in [5.41, 5.74) is 6.54. The summed E-state index contributed by atoms with van der Waals surface area (Å²) in [6.45, 7) is 2.47. The van der Waals surface area contributed by atoms with Crippen LogP contribution in [0.2, 0.25) is 0 Å². The van der Waals surface area contributed by atoms with E-state index in [1.807, 2.05) is 43.3 Å². The van der Waals surface area contributed by atoms with Crippen LogP contribution in [0.3, 0.4) is 0 Å². The molecule has 3 aromatic rings. The Kier molecular flexibility index (Phi) is 4.83. The maximum atomic E-state index is 13.6. The second kappa shape index (κ2) is 7.40. The first-order valence-electron chi connectivity index (χ1n) is 10.1. The quantitative estimate of drug-likeness (QED) is 0.455. The van der Waals surface area contributed by atoms with E-state index in [4.69, 9.17) is 0 Å². The van der Waals surface area contributed by atoms with E-state index in [1.165, 1.54) is 16.7 Å². The van der Waals surface area contributed by atoms with Crippen LogP contribution in [-0.4, -0.2) is 19.3 Å². The fourth-order valence-corrected chi connectivity index (χ4v) is 6.67. The van der Waals surface area contributed by atoms with Gasteiger partial charge in [-0.2, -0.15) is 0 Å². The van der Waals surface area contributed by atoms with Crippen molar-refractivity contribution in [3.8, 4) is 0 Å². The molecular formula is C25H22BrNO2S. The zero-order chi connectivity index (χ0) is 20.9. The van der Waals surface area contributed by atoms with Gasteiger partial charge in [-0.1, -0.05) is 70.0 Å². The van der Waals surface area contributed by atoms with E-state index in [9.17, 15) is 8.42 Å². The fraction of sp³-hybridized carbons (Fsp3) is 0.200. The summed E-state index contributed by atoms with van der Waals surface area (Å²) in [5, 5.41) is 0. The molecule has 1 unspecified atom stereocenters. The minimum absolute atomic E-state index is 0.0877. The van der Waals surface area contributed by atoms with Crippen LogP contribution in [0.15, 0.2) is 87.7 Å². The van der Waals surface area contributed by atoms with E-state index >= 15 is 0 Å². The second-order valence-electron chi connectivity index (χ2n) is 7.94. The van der Waals surface area contributed by atoms with Gasteiger partial charge in [-0.15, -0.1) is 0 Å². The van der Waals surface area contributed by atoms with E-state index in [2.05, 4.69) is 40.2 Å². The number of nitrogens with zero attached hydrogens (tertiary/aromatic N) is 1. The number of sulfonamides is 1. The van der Waals surface area contributed by atoms with Gasteiger partial charge >= 0.3 is 0 Å². The molecule has 0 spiro atoms. The monoisotopic (exact) mass is 479 g/mol. The SMILES string of the molecule is Cc1ccc(S(=O)(=O)N2CCCC3=C2c2ccccc2C3c2cccc(Br)c2)cc1. The van der Waals surface area contributed by atoms with Crippen LogP contribution in [0.25, 0.3) is 5.70 Å². The van der Waals surface area contributed by atoms with Crippen LogP contribution in [0.5, 0.6) is 0 Å². The average Bonchev–Trinajstić information content (AvgIpc) is 3.08. The number of benzene rings is 3. The molecule has 0 radical (unpaired) electrons. The van der Waals surface area contributed by atoms with E-state index in [-0.39, 0.29) is 5.92 Å². The lowest BCUT2D eigenvalue weighted by molar-refractivity contribution is 0.483. The highest BCUT2D eigenvalue weighted by Gasteiger charge is 2.40. The Morgan fingerprint density at radius 3 is 2.50 bits per heavy atom. The molecule has 3 nitrogen and oxygen atoms in total. The predicted molar refractivity (Wildman–Crippen MR) is 124 cm³/mol. The average molecular weight is 480 g/mol. The Labute approximate surface area is 186 Å². The van der Waals surface area contributed by atoms with E-state index in [1.54, 1.807) is 16.4 Å². The highest BCUT2D eigenvalue weighted by Crippen LogP contribution is 2.51. The molecule has 5 rings (SSSR count). The highest BCUT2D eigenvalue weighted by molar-refractivity contribution is 9.10. The van der Waals surface area contributed by atoms with Crippen LogP contribution in [0, 0.1) is 6.92 Å².